The average molecular weight is 348 g/mol. The van der Waals surface area contributed by atoms with Crippen LogP contribution in [-0.4, -0.2) is 20.1 Å². The molecule has 0 aliphatic heterocycles. The Bertz CT molecular complexity index is 519. The van der Waals surface area contributed by atoms with Gasteiger partial charge in [0.15, 0.2) is 0 Å². The number of amides is 1. The van der Waals surface area contributed by atoms with E-state index in [2.05, 4.69) is 21.2 Å². The third-order valence-electron chi connectivity index (χ3n) is 2.26. The maximum atomic E-state index is 12.1. The van der Waals surface area contributed by atoms with E-state index in [1.807, 2.05) is 12.1 Å². The largest absolute Gasteiger partial charge is 0.355 e. The summed E-state index contributed by atoms with van der Waals surface area (Å²) >= 11 is 3.32. The lowest BCUT2D eigenvalue weighted by atomic mass is 10.2. The molecule has 0 spiro atoms. The molecule has 1 aromatic rings. The van der Waals surface area contributed by atoms with Crippen molar-refractivity contribution >= 4 is 35.1 Å². The van der Waals surface area contributed by atoms with Gasteiger partial charge < -0.3 is 14.4 Å². The number of benzene rings is 1. The molecule has 0 fully saturated rings. The number of rotatable bonds is 5. The Kier molecular flexibility index (Phi) is 5.94. The summed E-state index contributed by atoms with van der Waals surface area (Å²) < 4.78 is 22.7. The van der Waals surface area contributed by atoms with Gasteiger partial charge in [0.1, 0.15) is 0 Å². The maximum absolute atomic E-state index is 12.1. The Labute approximate surface area is 120 Å². The fraction of sp³-hybridized carbons (Fsp3) is 0.250. The first-order valence-corrected chi connectivity index (χ1v) is 7.78. The second kappa shape index (κ2) is 7.01. The summed E-state index contributed by atoms with van der Waals surface area (Å²) in [5.41, 5.74) is 1.08. The molecule has 0 bridgehead atoms. The zero-order chi connectivity index (χ0) is 14.5. The van der Waals surface area contributed by atoms with E-state index in [1.165, 1.54) is 27.0 Å². The highest BCUT2D eigenvalue weighted by molar-refractivity contribution is 9.10. The lowest BCUT2D eigenvalue weighted by Crippen LogP contribution is -2.18. The number of carbonyl (C=O) groups is 1. The van der Waals surface area contributed by atoms with E-state index < -0.39 is 7.60 Å². The van der Waals surface area contributed by atoms with Gasteiger partial charge in [-0.15, -0.1) is 0 Å². The molecule has 0 aliphatic rings. The molecule has 104 valence electrons. The van der Waals surface area contributed by atoms with Crippen molar-refractivity contribution in [3.8, 4) is 0 Å². The molecule has 0 saturated heterocycles. The Morgan fingerprint density at radius 3 is 2.21 bits per heavy atom. The van der Waals surface area contributed by atoms with Crippen LogP contribution in [0.5, 0.6) is 0 Å². The van der Waals surface area contributed by atoms with Crippen molar-refractivity contribution in [3.05, 3.63) is 40.1 Å². The van der Waals surface area contributed by atoms with Crippen LogP contribution >= 0.6 is 23.5 Å². The van der Waals surface area contributed by atoms with E-state index >= 15 is 0 Å². The van der Waals surface area contributed by atoms with Gasteiger partial charge in [-0.1, -0.05) is 28.1 Å². The van der Waals surface area contributed by atoms with Crippen molar-refractivity contribution in [2.24, 2.45) is 0 Å². The van der Waals surface area contributed by atoms with Crippen LogP contribution in [0, 0.1) is 0 Å². The summed E-state index contributed by atoms with van der Waals surface area (Å²) in [6.45, 7) is 1.37. The number of halogens is 1. The molecule has 7 heteroatoms. The first-order valence-electron chi connectivity index (χ1n) is 5.38. The topological polar surface area (TPSA) is 64.6 Å². The third kappa shape index (κ3) is 4.91. The van der Waals surface area contributed by atoms with Crippen molar-refractivity contribution in [2.75, 3.05) is 14.2 Å². The summed E-state index contributed by atoms with van der Waals surface area (Å²) in [5, 5.41) is 2.61. The second-order valence-electron chi connectivity index (χ2n) is 3.64. The van der Waals surface area contributed by atoms with Crippen molar-refractivity contribution in [1.29, 1.82) is 0 Å². The van der Waals surface area contributed by atoms with Crippen LogP contribution in [0.15, 0.2) is 34.6 Å². The zero-order valence-electron chi connectivity index (χ0n) is 10.8. The van der Waals surface area contributed by atoms with E-state index in [1.54, 1.807) is 12.1 Å². The van der Waals surface area contributed by atoms with Gasteiger partial charge in [-0.05, 0) is 17.7 Å². The Morgan fingerprint density at radius 2 is 1.79 bits per heavy atom. The molecule has 0 saturated carbocycles. The van der Waals surface area contributed by atoms with Crippen molar-refractivity contribution in [1.82, 2.24) is 5.32 Å². The molecular formula is C12H15BrNO4P. The molecule has 1 aromatic carbocycles. The summed E-state index contributed by atoms with van der Waals surface area (Å²) in [6.07, 6.45) is 0. The first-order chi connectivity index (χ1) is 8.90. The van der Waals surface area contributed by atoms with E-state index in [0.717, 1.165) is 4.47 Å². The smallest absolute Gasteiger partial charge is 0.325 e. The monoisotopic (exact) mass is 347 g/mol. The predicted octanol–water partition coefficient (Wildman–Crippen LogP) is 3.37. The molecule has 19 heavy (non-hydrogen) atoms. The van der Waals surface area contributed by atoms with Crippen LogP contribution in [0.4, 0.5) is 0 Å². The molecular weight excluding hydrogens is 333 g/mol. The van der Waals surface area contributed by atoms with Crippen LogP contribution in [0.1, 0.15) is 12.5 Å². The number of nitrogens with one attached hydrogen (secondary N) is 1. The van der Waals surface area contributed by atoms with Gasteiger partial charge in [-0.25, -0.2) is 0 Å². The highest BCUT2D eigenvalue weighted by Gasteiger charge is 2.20. The number of hydrogen-bond donors (Lipinski definition) is 1. The maximum Gasteiger partial charge on any atom is 0.355 e. The summed E-state index contributed by atoms with van der Waals surface area (Å²) in [6, 6.07) is 7.19. The molecule has 0 atom stereocenters. The van der Waals surface area contributed by atoms with Gasteiger partial charge >= 0.3 is 7.60 Å². The lowest BCUT2D eigenvalue weighted by Gasteiger charge is -2.13. The average Bonchev–Trinajstić information content (AvgIpc) is 2.38. The SMILES string of the molecule is COP(=O)(/C=C(\NC(C)=O)c1ccc(Br)cc1)OC. The highest BCUT2D eigenvalue weighted by Crippen LogP contribution is 2.49. The minimum Gasteiger partial charge on any atom is -0.325 e. The van der Waals surface area contributed by atoms with Gasteiger partial charge in [-0.3, -0.25) is 9.36 Å². The molecule has 1 N–H and O–H groups in total. The standard InChI is InChI=1S/C12H15BrNO4P/c1-9(15)14-12(8-19(16,17-2)18-3)10-4-6-11(13)7-5-10/h4-8H,1-3H3,(H,14,15)/b12-8-. The highest BCUT2D eigenvalue weighted by atomic mass is 79.9. The van der Waals surface area contributed by atoms with Crippen molar-refractivity contribution < 1.29 is 18.4 Å². The van der Waals surface area contributed by atoms with Crippen LogP contribution in [0.3, 0.4) is 0 Å². The van der Waals surface area contributed by atoms with Gasteiger partial charge in [0.05, 0.1) is 11.5 Å². The fourth-order valence-corrected chi connectivity index (χ4v) is 2.49. The second-order valence-corrected chi connectivity index (χ2v) is 6.62. The third-order valence-corrected chi connectivity index (χ3v) is 4.38. The Morgan fingerprint density at radius 1 is 1.26 bits per heavy atom. The molecule has 0 aromatic heterocycles. The first kappa shape index (κ1) is 16.1. The van der Waals surface area contributed by atoms with Gasteiger partial charge in [0.25, 0.3) is 0 Å². The van der Waals surface area contributed by atoms with E-state index in [-0.39, 0.29) is 5.91 Å². The summed E-state index contributed by atoms with van der Waals surface area (Å²) in [7, 11) is -0.788. The molecule has 1 rings (SSSR count). The van der Waals surface area contributed by atoms with Gasteiger partial charge in [0.2, 0.25) is 5.91 Å². The normalized spacial score (nSPS) is 12.3. The van der Waals surface area contributed by atoms with E-state index in [0.29, 0.717) is 11.3 Å². The van der Waals surface area contributed by atoms with Crippen molar-refractivity contribution in [3.63, 3.8) is 0 Å². The van der Waals surface area contributed by atoms with E-state index in [9.17, 15) is 9.36 Å². The lowest BCUT2D eigenvalue weighted by molar-refractivity contribution is -0.117. The van der Waals surface area contributed by atoms with Crippen LogP contribution in [-0.2, 0) is 18.4 Å². The van der Waals surface area contributed by atoms with Crippen LogP contribution in [0.2, 0.25) is 0 Å². The fourth-order valence-electron chi connectivity index (χ4n) is 1.34. The quantitative estimate of drug-likeness (QED) is 0.829. The minimum atomic E-state index is -3.36. The zero-order valence-corrected chi connectivity index (χ0v) is 13.3. The molecule has 0 unspecified atom stereocenters. The summed E-state index contributed by atoms with van der Waals surface area (Å²) in [5.74, 6) is 1.02. The van der Waals surface area contributed by atoms with Crippen LogP contribution in [0.25, 0.3) is 5.70 Å². The number of hydrogen-bond acceptors (Lipinski definition) is 4. The van der Waals surface area contributed by atoms with Gasteiger partial charge in [0, 0.05) is 25.6 Å². The molecule has 0 radical (unpaired) electrons. The Hall–Kier alpha value is -0.940. The predicted molar refractivity (Wildman–Crippen MR) is 77.6 cm³/mol. The Balaban J connectivity index is 3.21. The van der Waals surface area contributed by atoms with E-state index in [4.69, 9.17) is 9.05 Å². The number of carbonyl (C=O) groups excluding carboxylic acids is 1. The molecule has 0 heterocycles. The minimum absolute atomic E-state index is 0.270. The molecule has 0 aliphatic carbocycles. The molecule has 5 nitrogen and oxygen atoms in total. The molecule has 1 amide bonds. The van der Waals surface area contributed by atoms with Gasteiger partial charge in [-0.2, -0.15) is 0 Å². The van der Waals surface area contributed by atoms with Crippen LogP contribution < -0.4 is 5.32 Å². The summed E-state index contributed by atoms with van der Waals surface area (Å²) in [4.78, 5) is 11.2. The van der Waals surface area contributed by atoms with Crippen molar-refractivity contribution in [2.45, 2.75) is 6.92 Å².